The van der Waals surface area contributed by atoms with Crippen LogP contribution >= 0.6 is 11.3 Å². The number of amides is 1. The Balaban J connectivity index is 1.64. The van der Waals surface area contributed by atoms with Crippen LogP contribution in [0.5, 0.6) is 5.75 Å². The fourth-order valence-electron chi connectivity index (χ4n) is 2.46. The molecule has 1 unspecified atom stereocenters. The van der Waals surface area contributed by atoms with Gasteiger partial charge in [0.2, 0.25) is 5.91 Å². The third kappa shape index (κ3) is 3.09. The van der Waals surface area contributed by atoms with Crippen LogP contribution in [-0.4, -0.2) is 19.1 Å². The van der Waals surface area contributed by atoms with Crippen molar-refractivity contribution in [2.75, 3.05) is 18.5 Å². The highest BCUT2D eigenvalue weighted by molar-refractivity contribution is 7.09. The summed E-state index contributed by atoms with van der Waals surface area (Å²) in [5.74, 6) is 0.797. The lowest BCUT2D eigenvalue weighted by Crippen LogP contribution is -2.27. The normalized spacial score (nSPS) is 16.6. The second-order valence-electron chi connectivity index (χ2n) is 4.91. The van der Waals surface area contributed by atoms with E-state index in [0.717, 1.165) is 30.0 Å². The van der Waals surface area contributed by atoms with Crippen LogP contribution in [0.2, 0.25) is 0 Å². The molecule has 1 aliphatic heterocycles. The summed E-state index contributed by atoms with van der Waals surface area (Å²) >= 11 is 1.74. The molecule has 0 saturated carbocycles. The van der Waals surface area contributed by atoms with E-state index in [1.165, 1.54) is 4.88 Å². The molecule has 0 fully saturated rings. The first kappa shape index (κ1) is 14.1. The molecule has 0 saturated heterocycles. The minimum absolute atomic E-state index is 0.00239. The Bertz CT molecular complexity index is 625. The maximum Gasteiger partial charge on any atom is 0.246 e. The second kappa shape index (κ2) is 6.28. The molecule has 21 heavy (non-hydrogen) atoms. The van der Waals surface area contributed by atoms with E-state index >= 15 is 0 Å². The summed E-state index contributed by atoms with van der Waals surface area (Å²) in [4.78, 5) is 13.2. The van der Waals surface area contributed by atoms with E-state index in [1.54, 1.807) is 11.3 Å². The Morgan fingerprint density at radius 1 is 1.38 bits per heavy atom. The number of likely N-dealkylation sites (N-methyl/N-ethyl adjacent to an activating group) is 1. The van der Waals surface area contributed by atoms with Gasteiger partial charge in [-0.15, -0.1) is 11.3 Å². The molecule has 0 spiro atoms. The lowest BCUT2D eigenvalue weighted by molar-refractivity contribution is -0.117. The van der Waals surface area contributed by atoms with Gasteiger partial charge >= 0.3 is 0 Å². The first-order valence-electron chi connectivity index (χ1n) is 7.11. The molecular formula is C16H18N2O2S. The largest absolute Gasteiger partial charge is 0.493 e. The van der Waals surface area contributed by atoms with Gasteiger partial charge in [-0.3, -0.25) is 4.79 Å². The van der Waals surface area contributed by atoms with Gasteiger partial charge in [-0.25, -0.2) is 0 Å². The highest BCUT2D eigenvalue weighted by atomic mass is 32.1. The van der Waals surface area contributed by atoms with Crippen molar-refractivity contribution in [1.29, 1.82) is 0 Å². The summed E-state index contributed by atoms with van der Waals surface area (Å²) in [6, 6.07) is 9.70. The number of benzene rings is 1. The van der Waals surface area contributed by atoms with Crippen molar-refractivity contribution in [2.45, 2.75) is 19.4 Å². The average Bonchev–Trinajstić information content (AvgIpc) is 3.08. The zero-order valence-electron chi connectivity index (χ0n) is 11.9. The van der Waals surface area contributed by atoms with E-state index in [0.29, 0.717) is 6.61 Å². The smallest absolute Gasteiger partial charge is 0.246 e. The van der Waals surface area contributed by atoms with E-state index in [2.05, 4.69) is 22.1 Å². The van der Waals surface area contributed by atoms with Crippen molar-refractivity contribution >= 4 is 22.9 Å². The standard InChI is InChI=1S/C16H18N2O2S/c1-2-17-15-13-6-5-11(10-14(13)18-16(15)19)20-8-7-12-4-3-9-21-12/h3-6,9-10,15,17H,2,7-8H2,1H3,(H,18,19). The van der Waals surface area contributed by atoms with E-state index in [-0.39, 0.29) is 11.9 Å². The predicted octanol–water partition coefficient (Wildman–Crippen LogP) is 2.97. The molecule has 0 bridgehead atoms. The summed E-state index contributed by atoms with van der Waals surface area (Å²) in [5.41, 5.74) is 1.84. The van der Waals surface area contributed by atoms with Crippen molar-refractivity contribution in [3.63, 3.8) is 0 Å². The molecule has 5 heteroatoms. The quantitative estimate of drug-likeness (QED) is 0.862. The zero-order valence-corrected chi connectivity index (χ0v) is 12.7. The molecule has 110 valence electrons. The number of nitrogens with one attached hydrogen (secondary N) is 2. The lowest BCUT2D eigenvalue weighted by atomic mass is 10.1. The molecule has 1 aromatic heterocycles. The summed E-state index contributed by atoms with van der Waals surface area (Å²) in [6.45, 7) is 3.40. The van der Waals surface area contributed by atoms with Crippen LogP contribution in [0.1, 0.15) is 23.4 Å². The van der Waals surface area contributed by atoms with Crippen LogP contribution in [-0.2, 0) is 11.2 Å². The molecule has 0 aliphatic carbocycles. The Hall–Kier alpha value is -1.85. The summed E-state index contributed by atoms with van der Waals surface area (Å²) in [6.07, 6.45) is 0.904. The van der Waals surface area contributed by atoms with Crippen molar-refractivity contribution in [3.05, 3.63) is 46.2 Å². The number of carbonyl (C=O) groups excluding carboxylic acids is 1. The van der Waals surface area contributed by atoms with Crippen LogP contribution in [0.4, 0.5) is 5.69 Å². The van der Waals surface area contributed by atoms with Crippen LogP contribution in [0.25, 0.3) is 0 Å². The van der Waals surface area contributed by atoms with Crippen molar-refractivity contribution in [1.82, 2.24) is 5.32 Å². The maximum atomic E-state index is 11.9. The van der Waals surface area contributed by atoms with Gasteiger partial charge in [0.05, 0.1) is 6.61 Å². The van der Waals surface area contributed by atoms with Crippen molar-refractivity contribution < 1.29 is 9.53 Å². The van der Waals surface area contributed by atoms with Crippen LogP contribution in [0, 0.1) is 0 Å². The number of fused-ring (bicyclic) bond motifs is 1. The highest BCUT2D eigenvalue weighted by Gasteiger charge is 2.29. The first-order valence-corrected chi connectivity index (χ1v) is 7.99. The van der Waals surface area contributed by atoms with Crippen molar-refractivity contribution in [2.24, 2.45) is 0 Å². The van der Waals surface area contributed by atoms with E-state index in [9.17, 15) is 4.79 Å². The molecule has 1 aromatic carbocycles. The van der Waals surface area contributed by atoms with Gasteiger partial charge < -0.3 is 15.4 Å². The molecule has 1 aliphatic rings. The Morgan fingerprint density at radius 3 is 3.05 bits per heavy atom. The van der Waals surface area contributed by atoms with Gasteiger partial charge in [-0.2, -0.15) is 0 Å². The number of hydrogen-bond donors (Lipinski definition) is 2. The average molecular weight is 302 g/mol. The molecule has 4 nitrogen and oxygen atoms in total. The highest BCUT2D eigenvalue weighted by Crippen LogP contribution is 2.33. The maximum absolute atomic E-state index is 11.9. The minimum atomic E-state index is -0.245. The fourth-order valence-corrected chi connectivity index (χ4v) is 3.15. The van der Waals surface area contributed by atoms with Crippen LogP contribution in [0.3, 0.4) is 0 Å². The number of thiophene rings is 1. The second-order valence-corrected chi connectivity index (χ2v) is 5.94. The number of rotatable bonds is 6. The molecule has 1 atom stereocenters. The van der Waals surface area contributed by atoms with Crippen LogP contribution < -0.4 is 15.4 Å². The Kier molecular flexibility index (Phi) is 4.22. The van der Waals surface area contributed by atoms with Gasteiger partial charge in [-0.1, -0.05) is 19.1 Å². The van der Waals surface area contributed by atoms with Crippen molar-refractivity contribution in [3.8, 4) is 5.75 Å². The third-order valence-electron chi connectivity index (χ3n) is 3.46. The Morgan fingerprint density at radius 2 is 2.29 bits per heavy atom. The van der Waals surface area contributed by atoms with Gasteiger partial charge in [0.1, 0.15) is 11.8 Å². The molecule has 2 N–H and O–H groups in total. The molecule has 2 aromatic rings. The summed E-state index contributed by atoms with van der Waals surface area (Å²) in [7, 11) is 0. The monoisotopic (exact) mass is 302 g/mol. The first-order chi connectivity index (χ1) is 10.3. The van der Waals surface area contributed by atoms with Gasteiger partial charge in [-0.05, 0) is 24.1 Å². The Labute approximate surface area is 128 Å². The number of hydrogen-bond acceptors (Lipinski definition) is 4. The summed E-state index contributed by atoms with van der Waals surface area (Å²) in [5, 5.41) is 8.15. The predicted molar refractivity (Wildman–Crippen MR) is 85.0 cm³/mol. The van der Waals surface area contributed by atoms with E-state index in [4.69, 9.17) is 4.74 Å². The van der Waals surface area contributed by atoms with E-state index < -0.39 is 0 Å². The van der Waals surface area contributed by atoms with Gasteiger partial charge in [0.15, 0.2) is 0 Å². The molecule has 2 heterocycles. The number of carbonyl (C=O) groups is 1. The fraction of sp³-hybridized carbons (Fsp3) is 0.312. The third-order valence-corrected chi connectivity index (χ3v) is 4.40. The number of anilines is 1. The van der Waals surface area contributed by atoms with E-state index in [1.807, 2.05) is 31.2 Å². The molecule has 3 rings (SSSR count). The molecule has 0 radical (unpaired) electrons. The van der Waals surface area contributed by atoms with Crippen LogP contribution in [0.15, 0.2) is 35.7 Å². The minimum Gasteiger partial charge on any atom is -0.493 e. The lowest BCUT2D eigenvalue weighted by Gasteiger charge is -2.10. The zero-order chi connectivity index (χ0) is 14.7. The molecule has 1 amide bonds. The topological polar surface area (TPSA) is 50.4 Å². The number of ether oxygens (including phenoxy) is 1. The summed E-state index contributed by atoms with van der Waals surface area (Å²) < 4.78 is 5.77. The molecular weight excluding hydrogens is 284 g/mol. The SMILES string of the molecule is CCNC1C(=O)Nc2cc(OCCc3cccs3)ccc21. The van der Waals surface area contributed by atoms with Gasteiger partial charge in [0, 0.05) is 28.6 Å². The van der Waals surface area contributed by atoms with Gasteiger partial charge in [0.25, 0.3) is 0 Å².